The predicted octanol–water partition coefficient (Wildman–Crippen LogP) is 2.24. The van der Waals surface area contributed by atoms with Crippen molar-refractivity contribution in [3.63, 3.8) is 0 Å². The molecule has 0 bridgehead atoms. The topological polar surface area (TPSA) is 73.0 Å². The van der Waals surface area contributed by atoms with E-state index in [0.29, 0.717) is 19.4 Å². The lowest BCUT2D eigenvalue weighted by Gasteiger charge is -2.06. The highest BCUT2D eigenvalue weighted by Crippen LogP contribution is 2.14. The van der Waals surface area contributed by atoms with E-state index in [1.807, 2.05) is 32.4 Å². The average Bonchev–Trinajstić information content (AvgIpc) is 2.95. The highest BCUT2D eigenvalue weighted by Gasteiger charge is 2.10. The minimum Gasteiger partial charge on any atom is -0.361 e. The van der Waals surface area contributed by atoms with Crippen LogP contribution in [0.4, 0.5) is 0 Å². The lowest BCUT2D eigenvalue weighted by Crippen LogP contribution is -2.25. The molecule has 0 aliphatic heterocycles. The van der Waals surface area contributed by atoms with Gasteiger partial charge in [-0.3, -0.25) is 9.48 Å². The summed E-state index contributed by atoms with van der Waals surface area (Å²) >= 11 is 0. The SMILES string of the molecule is Cc1cc(C)n(CCCNC(=O)CCc2c(C)noc2C)n1. The maximum Gasteiger partial charge on any atom is 0.220 e. The Morgan fingerprint density at radius 2 is 2.09 bits per heavy atom. The Morgan fingerprint density at radius 1 is 1.32 bits per heavy atom. The zero-order valence-electron chi connectivity index (χ0n) is 13.8. The van der Waals surface area contributed by atoms with Crippen LogP contribution in [-0.4, -0.2) is 27.4 Å². The molecule has 2 heterocycles. The third kappa shape index (κ3) is 4.19. The fourth-order valence-corrected chi connectivity index (χ4v) is 2.54. The van der Waals surface area contributed by atoms with Gasteiger partial charge in [-0.2, -0.15) is 5.10 Å². The average molecular weight is 304 g/mol. The van der Waals surface area contributed by atoms with Crippen molar-refractivity contribution >= 4 is 5.91 Å². The molecule has 6 heteroatoms. The van der Waals surface area contributed by atoms with Gasteiger partial charge in [0.05, 0.1) is 11.4 Å². The van der Waals surface area contributed by atoms with Crippen LogP contribution in [0.15, 0.2) is 10.6 Å². The zero-order valence-corrected chi connectivity index (χ0v) is 13.8. The van der Waals surface area contributed by atoms with Gasteiger partial charge in [0, 0.05) is 30.8 Å². The van der Waals surface area contributed by atoms with Crippen LogP contribution in [0.2, 0.25) is 0 Å². The Labute approximate surface area is 130 Å². The molecule has 0 aromatic carbocycles. The van der Waals surface area contributed by atoms with E-state index in [2.05, 4.69) is 21.6 Å². The molecule has 2 rings (SSSR count). The van der Waals surface area contributed by atoms with Crippen LogP contribution in [-0.2, 0) is 17.8 Å². The Balaban J connectivity index is 1.67. The summed E-state index contributed by atoms with van der Waals surface area (Å²) in [6, 6.07) is 2.06. The summed E-state index contributed by atoms with van der Waals surface area (Å²) in [5.74, 6) is 0.864. The Hall–Kier alpha value is -2.11. The molecule has 1 N–H and O–H groups in total. The van der Waals surface area contributed by atoms with Crippen LogP contribution in [0.1, 0.15) is 41.2 Å². The van der Waals surface area contributed by atoms with Crippen molar-refractivity contribution in [3.8, 4) is 0 Å². The fraction of sp³-hybridized carbons (Fsp3) is 0.562. The summed E-state index contributed by atoms with van der Waals surface area (Å²) in [6.45, 7) is 9.30. The molecule has 0 fully saturated rings. The summed E-state index contributed by atoms with van der Waals surface area (Å²) in [5.41, 5.74) is 4.09. The van der Waals surface area contributed by atoms with Gasteiger partial charge in [-0.05, 0) is 46.6 Å². The van der Waals surface area contributed by atoms with E-state index < -0.39 is 0 Å². The predicted molar refractivity (Wildman–Crippen MR) is 83.6 cm³/mol. The van der Waals surface area contributed by atoms with Gasteiger partial charge in [-0.15, -0.1) is 0 Å². The van der Waals surface area contributed by atoms with Crippen LogP contribution >= 0.6 is 0 Å². The molecule has 120 valence electrons. The first-order chi connectivity index (χ1) is 10.5. The van der Waals surface area contributed by atoms with Gasteiger partial charge in [0.1, 0.15) is 5.76 Å². The molecule has 22 heavy (non-hydrogen) atoms. The van der Waals surface area contributed by atoms with E-state index in [0.717, 1.165) is 41.4 Å². The molecule has 0 spiro atoms. The van der Waals surface area contributed by atoms with E-state index in [4.69, 9.17) is 4.52 Å². The second-order valence-electron chi connectivity index (χ2n) is 5.66. The zero-order chi connectivity index (χ0) is 16.1. The molecule has 6 nitrogen and oxygen atoms in total. The van der Waals surface area contributed by atoms with Crippen molar-refractivity contribution in [3.05, 3.63) is 34.5 Å². The largest absolute Gasteiger partial charge is 0.361 e. The minimum absolute atomic E-state index is 0.0633. The number of aromatic nitrogens is 3. The smallest absolute Gasteiger partial charge is 0.220 e. The molecule has 0 unspecified atom stereocenters. The molecular formula is C16H24N4O2. The molecule has 0 aliphatic rings. The van der Waals surface area contributed by atoms with Crippen LogP contribution < -0.4 is 5.32 Å². The van der Waals surface area contributed by atoms with Gasteiger partial charge in [-0.25, -0.2) is 0 Å². The number of nitrogens with zero attached hydrogens (tertiary/aromatic N) is 3. The molecule has 2 aromatic heterocycles. The van der Waals surface area contributed by atoms with Crippen molar-refractivity contribution in [1.29, 1.82) is 0 Å². The maximum absolute atomic E-state index is 11.9. The van der Waals surface area contributed by atoms with Gasteiger partial charge < -0.3 is 9.84 Å². The second kappa shape index (κ2) is 7.24. The van der Waals surface area contributed by atoms with Gasteiger partial charge in [-0.1, -0.05) is 5.16 Å². The number of carbonyl (C=O) groups is 1. The first-order valence-corrected chi connectivity index (χ1v) is 7.67. The van der Waals surface area contributed by atoms with Gasteiger partial charge in [0.15, 0.2) is 0 Å². The lowest BCUT2D eigenvalue weighted by molar-refractivity contribution is -0.121. The van der Waals surface area contributed by atoms with Crippen LogP contribution in [0.3, 0.4) is 0 Å². The first-order valence-electron chi connectivity index (χ1n) is 7.67. The highest BCUT2D eigenvalue weighted by atomic mass is 16.5. The lowest BCUT2D eigenvalue weighted by atomic mass is 10.1. The monoisotopic (exact) mass is 304 g/mol. The van der Waals surface area contributed by atoms with E-state index in [9.17, 15) is 4.79 Å². The maximum atomic E-state index is 11.9. The molecular weight excluding hydrogens is 280 g/mol. The molecule has 1 amide bonds. The second-order valence-corrected chi connectivity index (χ2v) is 5.66. The Morgan fingerprint density at radius 3 is 2.68 bits per heavy atom. The first kappa shape index (κ1) is 16.3. The van der Waals surface area contributed by atoms with Crippen molar-refractivity contribution in [2.24, 2.45) is 0 Å². The van der Waals surface area contributed by atoms with Crippen molar-refractivity contribution < 1.29 is 9.32 Å². The summed E-state index contributed by atoms with van der Waals surface area (Å²) in [5, 5.41) is 11.2. The molecule has 0 aliphatic carbocycles. The Kier molecular flexibility index (Phi) is 5.35. The quantitative estimate of drug-likeness (QED) is 0.796. The third-order valence-corrected chi connectivity index (χ3v) is 3.76. The normalized spacial score (nSPS) is 10.9. The third-order valence-electron chi connectivity index (χ3n) is 3.76. The molecule has 0 saturated carbocycles. The van der Waals surface area contributed by atoms with Crippen molar-refractivity contribution in [1.82, 2.24) is 20.3 Å². The summed E-state index contributed by atoms with van der Waals surface area (Å²) in [4.78, 5) is 11.9. The van der Waals surface area contributed by atoms with Crippen molar-refractivity contribution in [2.75, 3.05) is 6.54 Å². The molecule has 2 aromatic rings. The van der Waals surface area contributed by atoms with Crippen molar-refractivity contribution in [2.45, 2.75) is 53.5 Å². The van der Waals surface area contributed by atoms with E-state index in [1.54, 1.807) is 0 Å². The van der Waals surface area contributed by atoms with E-state index in [1.165, 1.54) is 0 Å². The van der Waals surface area contributed by atoms with Crippen LogP contribution in [0, 0.1) is 27.7 Å². The number of amides is 1. The number of nitrogens with one attached hydrogen (secondary N) is 1. The summed E-state index contributed by atoms with van der Waals surface area (Å²) in [6.07, 6.45) is 2.01. The van der Waals surface area contributed by atoms with Crippen LogP contribution in [0.25, 0.3) is 0 Å². The van der Waals surface area contributed by atoms with Gasteiger partial charge >= 0.3 is 0 Å². The van der Waals surface area contributed by atoms with E-state index >= 15 is 0 Å². The van der Waals surface area contributed by atoms with Crippen LogP contribution in [0.5, 0.6) is 0 Å². The molecule has 0 saturated heterocycles. The Bertz CT molecular complexity index is 623. The molecule has 0 radical (unpaired) electrons. The number of carbonyl (C=O) groups excluding carboxylic acids is 1. The molecule has 0 atom stereocenters. The minimum atomic E-state index is 0.0633. The van der Waals surface area contributed by atoms with Gasteiger partial charge in [0.2, 0.25) is 5.91 Å². The number of hydrogen-bond donors (Lipinski definition) is 1. The van der Waals surface area contributed by atoms with E-state index in [-0.39, 0.29) is 5.91 Å². The van der Waals surface area contributed by atoms with Gasteiger partial charge in [0.25, 0.3) is 0 Å². The summed E-state index contributed by atoms with van der Waals surface area (Å²) in [7, 11) is 0. The fourth-order valence-electron chi connectivity index (χ4n) is 2.54. The number of hydrogen-bond acceptors (Lipinski definition) is 4. The number of rotatable bonds is 7. The standard InChI is InChI=1S/C16H24N4O2/c1-11-10-12(2)20(18-11)9-5-8-17-16(21)7-6-15-13(3)19-22-14(15)4/h10H,5-9H2,1-4H3,(H,17,21). The number of aryl methyl sites for hydroxylation is 5. The highest BCUT2D eigenvalue weighted by molar-refractivity contribution is 5.76. The summed E-state index contributed by atoms with van der Waals surface area (Å²) < 4.78 is 7.07.